The number of sulfonamides is 1. The first kappa shape index (κ1) is 11.1. The van der Waals surface area contributed by atoms with Gasteiger partial charge >= 0.3 is 0 Å². The number of hydrogen-bond donors (Lipinski definition) is 0. The largest absolute Gasteiger partial charge is 0.378 e. The number of rotatable bonds is 3. The molecule has 0 amide bonds. The van der Waals surface area contributed by atoms with Gasteiger partial charge < -0.3 is 4.74 Å². The standard InChI is InChI=1S/C10H17NO3S/c1-3-15(12,13)11-6-7-14-8-10(11,2)9-4-5-9/h3,9H,1,4-8H2,2H3. The molecule has 1 aliphatic heterocycles. The van der Waals surface area contributed by atoms with Crippen molar-refractivity contribution in [2.75, 3.05) is 19.8 Å². The maximum Gasteiger partial charge on any atom is 0.236 e. The van der Waals surface area contributed by atoms with Crippen molar-refractivity contribution in [1.82, 2.24) is 4.31 Å². The van der Waals surface area contributed by atoms with E-state index in [1.807, 2.05) is 6.92 Å². The van der Waals surface area contributed by atoms with Crippen LogP contribution in [0.5, 0.6) is 0 Å². The van der Waals surface area contributed by atoms with Crippen molar-refractivity contribution in [3.05, 3.63) is 12.0 Å². The summed E-state index contributed by atoms with van der Waals surface area (Å²) < 4.78 is 30.7. The van der Waals surface area contributed by atoms with E-state index in [-0.39, 0.29) is 5.54 Å². The van der Waals surface area contributed by atoms with Gasteiger partial charge in [-0.05, 0) is 25.7 Å². The maximum absolute atomic E-state index is 11.9. The fraction of sp³-hybridized carbons (Fsp3) is 0.800. The number of nitrogens with zero attached hydrogens (tertiary/aromatic N) is 1. The molecule has 1 saturated carbocycles. The molecule has 1 atom stereocenters. The van der Waals surface area contributed by atoms with Gasteiger partial charge in [0.05, 0.1) is 18.8 Å². The van der Waals surface area contributed by atoms with E-state index in [1.165, 1.54) is 0 Å². The molecule has 2 rings (SSSR count). The van der Waals surface area contributed by atoms with Gasteiger partial charge in [0.25, 0.3) is 0 Å². The van der Waals surface area contributed by atoms with Gasteiger partial charge in [0.15, 0.2) is 0 Å². The van der Waals surface area contributed by atoms with E-state index in [2.05, 4.69) is 6.58 Å². The van der Waals surface area contributed by atoms with E-state index in [9.17, 15) is 8.42 Å². The Balaban J connectivity index is 2.30. The van der Waals surface area contributed by atoms with Crippen molar-refractivity contribution in [3.8, 4) is 0 Å². The number of ether oxygens (including phenoxy) is 1. The Kier molecular flexibility index (Phi) is 2.65. The van der Waals surface area contributed by atoms with E-state index >= 15 is 0 Å². The monoisotopic (exact) mass is 231 g/mol. The zero-order chi connectivity index (χ0) is 11.1. The molecule has 0 N–H and O–H groups in total. The summed E-state index contributed by atoms with van der Waals surface area (Å²) in [5.41, 5.74) is -0.356. The lowest BCUT2D eigenvalue weighted by Gasteiger charge is -2.43. The third-order valence-corrected chi connectivity index (χ3v) is 5.01. The van der Waals surface area contributed by atoms with Crippen LogP contribution in [0.3, 0.4) is 0 Å². The molecular formula is C10H17NO3S. The molecule has 1 unspecified atom stereocenters. The molecule has 0 bridgehead atoms. The Morgan fingerprint density at radius 3 is 2.73 bits per heavy atom. The van der Waals surface area contributed by atoms with Crippen molar-refractivity contribution in [2.24, 2.45) is 5.92 Å². The summed E-state index contributed by atoms with van der Waals surface area (Å²) in [5.74, 6) is 0.451. The Morgan fingerprint density at radius 2 is 2.20 bits per heavy atom. The fourth-order valence-electron chi connectivity index (χ4n) is 2.29. The third-order valence-electron chi connectivity index (χ3n) is 3.38. The number of morpholine rings is 1. The summed E-state index contributed by atoms with van der Waals surface area (Å²) in [7, 11) is -3.32. The first-order chi connectivity index (χ1) is 7.00. The van der Waals surface area contributed by atoms with Crippen LogP contribution in [0.15, 0.2) is 12.0 Å². The van der Waals surface area contributed by atoms with Crippen LogP contribution in [0.1, 0.15) is 19.8 Å². The second-order valence-electron chi connectivity index (χ2n) is 4.47. The second-order valence-corrected chi connectivity index (χ2v) is 6.27. The molecule has 4 nitrogen and oxygen atoms in total. The predicted octanol–water partition coefficient (Wildman–Crippen LogP) is 0.961. The van der Waals surface area contributed by atoms with Crippen molar-refractivity contribution in [3.63, 3.8) is 0 Å². The second kappa shape index (κ2) is 3.57. The molecule has 15 heavy (non-hydrogen) atoms. The highest BCUT2D eigenvalue weighted by molar-refractivity contribution is 7.92. The molecule has 0 aromatic rings. The SMILES string of the molecule is C=CS(=O)(=O)N1CCOCC1(C)C1CC1. The molecule has 86 valence electrons. The third kappa shape index (κ3) is 1.84. The highest BCUT2D eigenvalue weighted by Crippen LogP contribution is 2.45. The average Bonchev–Trinajstić information content (AvgIpc) is 3.01. The smallest absolute Gasteiger partial charge is 0.236 e. The highest BCUT2D eigenvalue weighted by Gasteiger charge is 2.50. The lowest BCUT2D eigenvalue weighted by Crippen LogP contribution is -2.58. The van der Waals surface area contributed by atoms with E-state index < -0.39 is 10.0 Å². The van der Waals surface area contributed by atoms with Crippen LogP contribution in [0.2, 0.25) is 0 Å². The maximum atomic E-state index is 11.9. The van der Waals surface area contributed by atoms with Crippen LogP contribution in [-0.2, 0) is 14.8 Å². The topological polar surface area (TPSA) is 46.6 Å². The van der Waals surface area contributed by atoms with Crippen molar-refractivity contribution in [1.29, 1.82) is 0 Å². The Labute approximate surface area is 91.0 Å². The minimum atomic E-state index is -3.32. The Hall–Kier alpha value is -0.390. The molecule has 0 aromatic carbocycles. The normalized spacial score (nSPS) is 33.9. The molecule has 1 saturated heterocycles. The van der Waals surface area contributed by atoms with Crippen LogP contribution in [0.25, 0.3) is 0 Å². The summed E-state index contributed by atoms with van der Waals surface area (Å²) in [6, 6.07) is 0. The van der Waals surface area contributed by atoms with E-state index in [1.54, 1.807) is 4.31 Å². The Morgan fingerprint density at radius 1 is 1.53 bits per heavy atom. The van der Waals surface area contributed by atoms with Gasteiger partial charge in [-0.25, -0.2) is 8.42 Å². The molecule has 2 aliphatic rings. The molecule has 0 spiro atoms. The van der Waals surface area contributed by atoms with Gasteiger partial charge in [-0.2, -0.15) is 4.31 Å². The zero-order valence-corrected chi connectivity index (χ0v) is 9.79. The van der Waals surface area contributed by atoms with Crippen LogP contribution in [0, 0.1) is 5.92 Å². The summed E-state index contributed by atoms with van der Waals surface area (Å²) in [4.78, 5) is 0. The molecule has 0 radical (unpaired) electrons. The molecule has 2 fully saturated rings. The lowest BCUT2D eigenvalue weighted by atomic mass is 9.96. The minimum Gasteiger partial charge on any atom is -0.378 e. The van der Waals surface area contributed by atoms with Crippen LogP contribution in [-0.4, -0.2) is 38.0 Å². The average molecular weight is 231 g/mol. The quantitative estimate of drug-likeness (QED) is 0.727. The summed E-state index contributed by atoms with van der Waals surface area (Å²) in [6.07, 6.45) is 2.20. The van der Waals surface area contributed by atoms with E-state index in [0.29, 0.717) is 25.7 Å². The predicted molar refractivity (Wildman–Crippen MR) is 57.8 cm³/mol. The van der Waals surface area contributed by atoms with Gasteiger partial charge in [-0.3, -0.25) is 0 Å². The van der Waals surface area contributed by atoms with Crippen LogP contribution in [0.4, 0.5) is 0 Å². The van der Waals surface area contributed by atoms with Gasteiger partial charge in [0, 0.05) is 12.0 Å². The summed E-state index contributed by atoms with van der Waals surface area (Å²) in [5, 5.41) is 1.04. The number of hydrogen-bond acceptors (Lipinski definition) is 3. The minimum absolute atomic E-state index is 0.356. The van der Waals surface area contributed by atoms with E-state index in [0.717, 1.165) is 18.2 Å². The Bertz CT molecular complexity index is 361. The van der Waals surface area contributed by atoms with Gasteiger partial charge in [-0.1, -0.05) is 6.58 Å². The van der Waals surface area contributed by atoms with Gasteiger partial charge in [0.2, 0.25) is 10.0 Å². The highest BCUT2D eigenvalue weighted by atomic mass is 32.2. The fourth-order valence-corrected chi connectivity index (χ4v) is 3.58. The molecule has 1 heterocycles. The molecule has 5 heteroatoms. The van der Waals surface area contributed by atoms with Crippen LogP contribution < -0.4 is 0 Å². The first-order valence-corrected chi connectivity index (χ1v) is 6.74. The molecular weight excluding hydrogens is 214 g/mol. The summed E-state index contributed by atoms with van der Waals surface area (Å²) in [6.45, 7) is 6.79. The molecule has 0 aromatic heterocycles. The first-order valence-electron chi connectivity index (χ1n) is 5.24. The van der Waals surface area contributed by atoms with E-state index in [4.69, 9.17) is 4.74 Å². The van der Waals surface area contributed by atoms with Gasteiger partial charge in [0.1, 0.15) is 0 Å². The van der Waals surface area contributed by atoms with Gasteiger partial charge in [-0.15, -0.1) is 0 Å². The van der Waals surface area contributed by atoms with Crippen molar-refractivity contribution < 1.29 is 13.2 Å². The summed E-state index contributed by atoms with van der Waals surface area (Å²) >= 11 is 0. The molecule has 1 aliphatic carbocycles. The lowest BCUT2D eigenvalue weighted by molar-refractivity contribution is -0.0272. The van der Waals surface area contributed by atoms with Crippen LogP contribution >= 0.6 is 0 Å². The van der Waals surface area contributed by atoms with Crippen molar-refractivity contribution >= 4 is 10.0 Å². The zero-order valence-electron chi connectivity index (χ0n) is 8.98. The van der Waals surface area contributed by atoms with Crippen molar-refractivity contribution in [2.45, 2.75) is 25.3 Å².